The fraction of sp³-hybridized carbons (Fsp3) is 0.438. The number of carboxylic acids is 2. The van der Waals surface area contributed by atoms with Crippen molar-refractivity contribution in [3.63, 3.8) is 0 Å². The fourth-order valence-corrected chi connectivity index (χ4v) is 2.33. The maximum absolute atomic E-state index is 11.9. The van der Waals surface area contributed by atoms with E-state index in [1.54, 1.807) is 6.92 Å². The monoisotopic (exact) mass is 322 g/mol. The van der Waals surface area contributed by atoms with Gasteiger partial charge in [0.05, 0.1) is 18.4 Å². The molecule has 1 aromatic carbocycles. The molecule has 0 aliphatic rings. The minimum Gasteiger partial charge on any atom is -0.481 e. The summed E-state index contributed by atoms with van der Waals surface area (Å²) < 4.78 is 0. The number of rotatable bonds is 9. The second kappa shape index (κ2) is 8.89. The molecule has 5 N–H and O–H groups in total. The molecule has 0 spiro atoms. The molecule has 126 valence electrons. The first-order valence-corrected chi connectivity index (χ1v) is 7.39. The summed E-state index contributed by atoms with van der Waals surface area (Å²) >= 11 is 0. The van der Waals surface area contributed by atoms with E-state index in [0.29, 0.717) is 6.42 Å². The highest BCUT2D eigenvalue weighted by Crippen LogP contribution is 2.16. The first-order chi connectivity index (χ1) is 10.8. The quantitative estimate of drug-likeness (QED) is 0.527. The molecule has 7 heteroatoms. The summed E-state index contributed by atoms with van der Waals surface area (Å²) in [6, 6.07) is 7.28. The predicted molar refractivity (Wildman–Crippen MR) is 83.7 cm³/mol. The van der Waals surface area contributed by atoms with Crippen LogP contribution in [0.25, 0.3) is 0 Å². The van der Waals surface area contributed by atoms with Crippen LogP contribution in [0.3, 0.4) is 0 Å². The van der Waals surface area contributed by atoms with Crippen molar-refractivity contribution in [3.8, 4) is 0 Å². The molecule has 1 aromatic rings. The summed E-state index contributed by atoms with van der Waals surface area (Å²) in [7, 11) is 0. The lowest BCUT2D eigenvalue weighted by atomic mass is 9.90. The highest BCUT2D eigenvalue weighted by atomic mass is 16.4. The lowest BCUT2D eigenvalue weighted by molar-refractivity contribution is -0.144. The predicted octanol–water partition coefficient (Wildman–Crippen LogP) is 0.627. The first-order valence-electron chi connectivity index (χ1n) is 7.39. The van der Waals surface area contributed by atoms with Gasteiger partial charge in [-0.1, -0.05) is 37.3 Å². The molecule has 2 unspecified atom stereocenters. The van der Waals surface area contributed by atoms with Crippen LogP contribution in [0, 0.1) is 5.92 Å². The van der Waals surface area contributed by atoms with E-state index < -0.39 is 42.3 Å². The van der Waals surface area contributed by atoms with Crippen molar-refractivity contribution < 1.29 is 24.6 Å². The Hall–Kier alpha value is -2.41. The number of hydrogen-bond acceptors (Lipinski definition) is 4. The maximum atomic E-state index is 11.9. The molecule has 3 atom stereocenters. The standard InChI is InChI=1S/C16H22N2O5/c1-2-13(18-15(21)12(17)9-14(19)20)11(16(22)23)8-10-6-4-3-5-7-10/h3-7,11-13H,2,8-9,17H2,1H3,(H,18,21)(H,19,20)(H,22,23)/t11?,12-,13?/m0/s1. The average molecular weight is 322 g/mol. The van der Waals surface area contributed by atoms with Crippen LogP contribution < -0.4 is 11.1 Å². The molecule has 0 radical (unpaired) electrons. The van der Waals surface area contributed by atoms with Crippen molar-refractivity contribution in [2.75, 3.05) is 0 Å². The van der Waals surface area contributed by atoms with Crippen molar-refractivity contribution in [1.82, 2.24) is 5.32 Å². The Kier molecular flexibility index (Phi) is 7.21. The number of nitrogens with one attached hydrogen (secondary N) is 1. The lowest BCUT2D eigenvalue weighted by Gasteiger charge is -2.25. The van der Waals surface area contributed by atoms with E-state index in [4.69, 9.17) is 10.8 Å². The van der Waals surface area contributed by atoms with Crippen molar-refractivity contribution in [2.24, 2.45) is 11.7 Å². The van der Waals surface area contributed by atoms with E-state index >= 15 is 0 Å². The highest BCUT2D eigenvalue weighted by Gasteiger charge is 2.30. The Morgan fingerprint density at radius 1 is 1.17 bits per heavy atom. The van der Waals surface area contributed by atoms with Crippen LogP contribution in [0.4, 0.5) is 0 Å². The Labute approximate surface area is 134 Å². The van der Waals surface area contributed by atoms with Gasteiger partial charge in [-0.15, -0.1) is 0 Å². The van der Waals surface area contributed by atoms with Crippen LogP contribution in [0.1, 0.15) is 25.3 Å². The number of hydrogen-bond donors (Lipinski definition) is 4. The number of carbonyl (C=O) groups is 3. The van der Waals surface area contributed by atoms with E-state index in [9.17, 15) is 19.5 Å². The Balaban J connectivity index is 2.80. The summed E-state index contributed by atoms with van der Waals surface area (Å²) in [5.74, 6) is -3.67. The van der Waals surface area contributed by atoms with E-state index in [0.717, 1.165) is 5.56 Å². The van der Waals surface area contributed by atoms with Crippen LogP contribution in [0.15, 0.2) is 30.3 Å². The smallest absolute Gasteiger partial charge is 0.308 e. The lowest BCUT2D eigenvalue weighted by Crippen LogP contribution is -2.50. The molecule has 0 saturated heterocycles. The minimum absolute atomic E-state index is 0.267. The van der Waals surface area contributed by atoms with Gasteiger partial charge in [0.25, 0.3) is 0 Å². The summed E-state index contributed by atoms with van der Waals surface area (Å²) in [6.07, 6.45) is 0.164. The zero-order chi connectivity index (χ0) is 17.4. The molecule has 0 aliphatic carbocycles. The second-order valence-electron chi connectivity index (χ2n) is 5.36. The molecular weight excluding hydrogens is 300 g/mol. The number of carbonyl (C=O) groups excluding carboxylic acids is 1. The van der Waals surface area contributed by atoms with E-state index in [1.165, 1.54) is 0 Å². The molecule has 0 saturated carbocycles. The molecule has 7 nitrogen and oxygen atoms in total. The minimum atomic E-state index is -1.20. The highest BCUT2D eigenvalue weighted by molar-refractivity contribution is 5.86. The molecule has 0 aliphatic heterocycles. The van der Waals surface area contributed by atoms with Gasteiger partial charge in [-0.25, -0.2) is 0 Å². The van der Waals surface area contributed by atoms with Crippen LogP contribution in [-0.2, 0) is 20.8 Å². The number of benzene rings is 1. The van der Waals surface area contributed by atoms with Crippen molar-refractivity contribution in [3.05, 3.63) is 35.9 Å². The van der Waals surface area contributed by atoms with E-state index in [2.05, 4.69) is 5.32 Å². The molecule has 0 heterocycles. The Morgan fingerprint density at radius 3 is 2.26 bits per heavy atom. The van der Waals surface area contributed by atoms with Gasteiger partial charge in [-0.2, -0.15) is 0 Å². The fourth-order valence-electron chi connectivity index (χ4n) is 2.33. The molecule has 23 heavy (non-hydrogen) atoms. The zero-order valence-corrected chi connectivity index (χ0v) is 12.9. The van der Waals surface area contributed by atoms with Gasteiger partial charge in [0, 0.05) is 6.04 Å². The van der Waals surface area contributed by atoms with Crippen LogP contribution in [0.2, 0.25) is 0 Å². The van der Waals surface area contributed by atoms with Gasteiger partial charge >= 0.3 is 11.9 Å². The maximum Gasteiger partial charge on any atom is 0.308 e. The second-order valence-corrected chi connectivity index (χ2v) is 5.36. The molecule has 1 amide bonds. The summed E-state index contributed by atoms with van der Waals surface area (Å²) in [5, 5.41) is 20.7. The van der Waals surface area contributed by atoms with Crippen LogP contribution in [-0.4, -0.2) is 40.1 Å². The third kappa shape index (κ3) is 6.07. The molecular formula is C16H22N2O5. The summed E-state index contributed by atoms with van der Waals surface area (Å²) in [5.41, 5.74) is 6.36. The Bertz CT molecular complexity index is 547. The van der Waals surface area contributed by atoms with E-state index in [-0.39, 0.29) is 6.42 Å². The molecule has 0 bridgehead atoms. The third-order valence-electron chi connectivity index (χ3n) is 3.60. The molecule has 0 aromatic heterocycles. The summed E-state index contributed by atoms with van der Waals surface area (Å²) in [6.45, 7) is 1.76. The first kappa shape index (κ1) is 18.6. The SMILES string of the molecule is CCC(NC(=O)[C@@H](N)CC(=O)O)C(Cc1ccccc1)C(=O)O. The van der Waals surface area contributed by atoms with Crippen molar-refractivity contribution >= 4 is 17.8 Å². The Morgan fingerprint density at radius 2 is 1.78 bits per heavy atom. The van der Waals surface area contributed by atoms with Gasteiger partial charge < -0.3 is 21.3 Å². The topological polar surface area (TPSA) is 130 Å². The normalized spacial score (nSPS) is 14.5. The number of carboxylic acid groups (broad SMARTS) is 2. The van der Waals surface area contributed by atoms with Gasteiger partial charge in [-0.3, -0.25) is 14.4 Å². The van der Waals surface area contributed by atoms with Gasteiger partial charge in [0.1, 0.15) is 0 Å². The molecule has 0 fully saturated rings. The number of amides is 1. The zero-order valence-electron chi connectivity index (χ0n) is 12.9. The summed E-state index contributed by atoms with van der Waals surface area (Å²) in [4.78, 5) is 34.1. The van der Waals surface area contributed by atoms with E-state index in [1.807, 2.05) is 30.3 Å². The number of nitrogens with two attached hydrogens (primary N) is 1. The average Bonchev–Trinajstić information content (AvgIpc) is 2.50. The van der Waals surface area contributed by atoms with Gasteiger partial charge in [-0.05, 0) is 18.4 Å². The third-order valence-corrected chi connectivity index (χ3v) is 3.60. The number of aliphatic carboxylic acids is 2. The van der Waals surface area contributed by atoms with Gasteiger partial charge in [0.15, 0.2) is 0 Å². The van der Waals surface area contributed by atoms with Crippen molar-refractivity contribution in [2.45, 2.75) is 38.3 Å². The largest absolute Gasteiger partial charge is 0.481 e. The van der Waals surface area contributed by atoms with Crippen LogP contribution in [0.5, 0.6) is 0 Å². The van der Waals surface area contributed by atoms with Crippen molar-refractivity contribution in [1.29, 1.82) is 0 Å². The van der Waals surface area contributed by atoms with Crippen LogP contribution >= 0.6 is 0 Å². The molecule has 1 rings (SSSR count). The van der Waals surface area contributed by atoms with Gasteiger partial charge in [0.2, 0.25) is 5.91 Å².